The third-order valence-corrected chi connectivity index (χ3v) is 6.38. The first kappa shape index (κ1) is 21.6. The van der Waals surface area contributed by atoms with Crippen LogP contribution in [0.5, 0.6) is 11.5 Å². The number of benzene rings is 1. The van der Waals surface area contributed by atoms with Crippen molar-refractivity contribution in [2.45, 2.75) is 26.3 Å². The lowest BCUT2D eigenvalue weighted by molar-refractivity contribution is -0.150. The van der Waals surface area contributed by atoms with Crippen LogP contribution in [-0.4, -0.2) is 56.2 Å². The van der Waals surface area contributed by atoms with Crippen molar-refractivity contribution in [2.75, 3.05) is 44.4 Å². The van der Waals surface area contributed by atoms with Crippen LogP contribution in [0.3, 0.4) is 0 Å². The van der Waals surface area contributed by atoms with E-state index < -0.39 is 0 Å². The summed E-state index contributed by atoms with van der Waals surface area (Å²) in [5.41, 5.74) is 0.779. The molecule has 1 atom stereocenters. The normalized spacial score (nSPS) is 18.4. The molecular weight excluding hydrogens is 416 g/mol. The largest absolute Gasteiger partial charge is 0.486 e. The number of carbonyl (C=O) groups excluding carboxylic acids is 2. The highest BCUT2D eigenvalue weighted by Crippen LogP contribution is 2.35. The van der Waals surface area contributed by atoms with Gasteiger partial charge >= 0.3 is 5.97 Å². The number of thiophene rings is 1. The van der Waals surface area contributed by atoms with Crippen molar-refractivity contribution in [2.24, 2.45) is 5.92 Å². The Kier molecular flexibility index (Phi) is 7.09. The number of esters is 1. The van der Waals surface area contributed by atoms with Crippen LogP contribution in [0.15, 0.2) is 35.7 Å². The van der Waals surface area contributed by atoms with Crippen molar-refractivity contribution < 1.29 is 23.8 Å². The van der Waals surface area contributed by atoms with Gasteiger partial charge in [-0.1, -0.05) is 6.07 Å². The quantitative estimate of drug-likeness (QED) is 0.611. The molecule has 31 heavy (non-hydrogen) atoms. The zero-order valence-electron chi connectivity index (χ0n) is 17.7. The first-order chi connectivity index (χ1) is 15.1. The Morgan fingerprint density at radius 3 is 2.84 bits per heavy atom. The molecular formula is C23H28N2O5S. The molecule has 3 heterocycles. The number of fused-ring (bicyclic) bond motifs is 1. The topological polar surface area (TPSA) is 68.3 Å². The minimum absolute atomic E-state index is 0.00501. The van der Waals surface area contributed by atoms with Crippen molar-refractivity contribution in [3.05, 3.63) is 40.6 Å². The average molecular weight is 445 g/mol. The highest BCUT2D eigenvalue weighted by atomic mass is 32.1. The van der Waals surface area contributed by atoms with Gasteiger partial charge in [-0.25, -0.2) is 0 Å². The van der Waals surface area contributed by atoms with E-state index in [9.17, 15) is 9.59 Å². The Morgan fingerprint density at radius 1 is 1.23 bits per heavy atom. The molecule has 1 fully saturated rings. The molecule has 0 radical (unpaired) electrons. The van der Waals surface area contributed by atoms with E-state index >= 15 is 0 Å². The smallest absolute Gasteiger partial charge is 0.310 e. The summed E-state index contributed by atoms with van der Waals surface area (Å²) < 4.78 is 16.5. The fraction of sp³-hybridized carbons (Fsp3) is 0.478. The second-order valence-corrected chi connectivity index (χ2v) is 8.75. The van der Waals surface area contributed by atoms with Gasteiger partial charge in [-0.05, 0) is 49.9 Å². The monoisotopic (exact) mass is 444 g/mol. The van der Waals surface area contributed by atoms with Crippen molar-refractivity contribution in [3.63, 3.8) is 0 Å². The number of hydrogen-bond acceptors (Lipinski definition) is 7. The SMILES string of the molecule is CCOC(=O)C1CCCN(CC(=O)N(Cc2cccs2)c2ccc3c(c2)OCCO3)C1. The number of amides is 1. The van der Waals surface area contributed by atoms with Gasteiger partial charge in [0.2, 0.25) is 5.91 Å². The minimum Gasteiger partial charge on any atom is -0.486 e. The molecule has 0 saturated carbocycles. The van der Waals surface area contributed by atoms with Crippen LogP contribution >= 0.6 is 11.3 Å². The Balaban J connectivity index is 1.50. The molecule has 1 saturated heterocycles. The van der Waals surface area contributed by atoms with Gasteiger partial charge in [0.15, 0.2) is 11.5 Å². The number of rotatable bonds is 7. The van der Waals surface area contributed by atoms with Gasteiger partial charge in [-0.2, -0.15) is 0 Å². The fourth-order valence-electron chi connectivity index (χ4n) is 4.01. The van der Waals surface area contributed by atoms with Gasteiger partial charge in [0, 0.05) is 23.2 Å². The van der Waals surface area contributed by atoms with E-state index in [0.717, 1.165) is 30.0 Å². The third kappa shape index (κ3) is 5.37. The summed E-state index contributed by atoms with van der Waals surface area (Å²) in [5, 5.41) is 2.01. The summed E-state index contributed by atoms with van der Waals surface area (Å²) in [5.74, 6) is 1.03. The number of hydrogen-bond donors (Lipinski definition) is 0. The van der Waals surface area contributed by atoms with Crippen LogP contribution in [-0.2, 0) is 20.9 Å². The number of ether oxygens (including phenoxy) is 3. The van der Waals surface area contributed by atoms with Crippen LogP contribution in [0.2, 0.25) is 0 Å². The molecule has 0 aliphatic carbocycles. The molecule has 0 spiro atoms. The molecule has 0 bridgehead atoms. The van der Waals surface area contributed by atoms with Crippen molar-refractivity contribution in [1.82, 2.24) is 4.90 Å². The van der Waals surface area contributed by atoms with E-state index in [2.05, 4.69) is 4.90 Å². The van der Waals surface area contributed by atoms with E-state index in [1.54, 1.807) is 16.2 Å². The lowest BCUT2D eigenvalue weighted by Crippen LogP contribution is -2.45. The maximum absolute atomic E-state index is 13.4. The molecule has 0 N–H and O–H groups in total. The first-order valence-electron chi connectivity index (χ1n) is 10.8. The molecule has 7 nitrogen and oxygen atoms in total. The number of carbonyl (C=O) groups is 2. The lowest BCUT2D eigenvalue weighted by atomic mass is 9.98. The zero-order valence-corrected chi connectivity index (χ0v) is 18.6. The number of anilines is 1. The summed E-state index contributed by atoms with van der Waals surface area (Å²) >= 11 is 1.62. The maximum Gasteiger partial charge on any atom is 0.310 e. The Morgan fingerprint density at radius 2 is 2.06 bits per heavy atom. The number of likely N-dealkylation sites (tertiary alicyclic amines) is 1. The standard InChI is InChI=1S/C23H28N2O5S/c1-2-28-23(27)17-5-3-9-24(14-17)16-22(26)25(15-19-6-4-12-31-19)18-7-8-20-21(13-18)30-11-10-29-20/h4,6-8,12-13,17H,2-3,5,9-11,14-16H2,1H3. The zero-order chi connectivity index (χ0) is 21.6. The Hall–Kier alpha value is -2.58. The van der Waals surface area contributed by atoms with Crippen LogP contribution in [0.1, 0.15) is 24.6 Å². The van der Waals surface area contributed by atoms with Gasteiger partial charge in [0.05, 0.1) is 25.6 Å². The molecule has 8 heteroatoms. The van der Waals surface area contributed by atoms with Gasteiger partial charge in [0.25, 0.3) is 0 Å². The van der Waals surface area contributed by atoms with Crippen LogP contribution < -0.4 is 14.4 Å². The fourth-order valence-corrected chi connectivity index (χ4v) is 4.70. The molecule has 1 unspecified atom stereocenters. The average Bonchev–Trinajstić information content (AvgIpc) is 3.31. The van der Waals surface area contributed by atoms with Crippen molar-refractivity contribution in [1.29, 1.82) is 0 Å². The molecule has 2 aromatic rings. The van der Waals surface area contributed by atoms with E-state index in [-0.39, 0.29) is 24.3 Å². The summed E-state index contributed by atoms with van der Waals surface area (Å²) in [6.45, 7) is 5.33. The summed E-state index contributed by atoms with van der Waals surface area (Å²) in [6.07, 6.45) is 1.69. The summed E-state index contributed by atoms with van der Waals surface area (Å²) in [6, 6.07) is 9.64. The van der Waals surface area contributed by atoms with Crippen LogP contribution in [0, 0.1) is 5.92 Å². The molecule has 166 valence electrons. The molecule has 1 amide bonds. The van der Waals surface area contributed by atoms with Gasteiger partial charge in [-0.15, -0.1) is 11.3 Å². The highest BCUT2D eigenvalue weighted by molar-refractivity contribution is 7.09. The predicted octanol–water partition coefficient (Wildman–Crippen LogP) is 3.33. The number of nitrogens with zero attached hydrogens (tertiary/aromatic N) is 2. The molecule has 1 aromatic heterocycles. The van der Waals surface area contributed by atoms with E-state index in [4.69, 9.17) is 14.2 Å². The van der Waals surface area contributed by atoms with Crippen molar-refractivity contribution >= 4 is 28.9 Å². The Bertz CT molecular complexity index is 901. The van der Waals surface area contributed by atoms with E-state index in [0.29, 0.717) is 44.4 Å². The van der Waals surface area contributed by atoms with Crippen molar-refractivity contribution in [3.8, 4) is 11.5 Å². The summed E-state index contributed by atoms with van der Waals surface area (Å²) in [7, 11) is 0. The van der Waals surface area contributed by atoms with Crippen LogP contribution in [0.25, 0.3) is 0 Å². The van der Waals surface area contributed by atoms with E-state index in [1.807, 2.05) is 42.6 Å². The van der Waals surface area contributed by atoms with Gasteiger partial charge in [-0.3, -0.25) is 14.5 Å². The van der Waals surface area contributed by atoms with Gasteiger partial charge in [0.1, 0.15) is 13.2 Å². The van der Waals surface area contributed by atoms with Crippen LogP contribution in [0.4, 0.5) is 5.69 Å². The maximum atomic E-state index is 13.4. The van der Waals surface area contributed by atoms with Gasteiger partial charge < -0.3 is 19.1 Å². The number of piperidine rings is 1. The molecule has 1 aromatic carbocycles. The third-order valence-electron chi connectivity index (χ3n) is 5.52. The molecule has 2 aliphatic rings. The minimum atomic E-state index is -0.165. The second kappa shape index (κ2) is 10.2. The highest BCUT2D eigenvalue weighted by Gasteiger charge is 2.29. The molecule has 2 aliphatic heterocycles. The summed E-state index contributed by atoms with van der Waals surface area (Å²) in [4.78, 5) is 30.5. The van der Waals surface area contributed by atoms with E-state index in [1.165, 1.54) is 0 Å². The molecule has 4 rings (SSSR count). The second-order valence-electron chi connectivity index (χ2n) is 7.71. The predicted molar refractivity (Wildman–Crippen MR) is 119 cm³/mol. The lowest BCUT2D eigenvalue weighted by Gasteiger charge is -2.33. The first-order valence-corrected chi connectivity index (χ1v) is 11.6. The Labute approximate surface area is 186 Å².